The second kappa shape index (κ2) is 5.58. The second-order valence-electron chi connectivity index (χ2n) is 1.88. The molecule has 9 heavy (non-hydrogen) atoms. The summed E-state index contributed by atoms with van der Waals surface area (Å²) in [6, 6.07) is 0. The van der Waals surface area contributed by atoms with Gasteiger partial charge in [-0.2, -0.15) is 0 Å². The zero-order valence-corrected chi connectivity index (χ0v) is 5.31. The number of aliphatic hydroxyl groups is 1. The number of hydrogen-bond donors (Lipinski definition) is 1. The van der Waals surface area contributed by atoms with Crippen LogP contribution in [0.4, 0.5) is 4.39 Å². The first-order chi connectivity index (χ1) is 4.31. The molecule has 2 heteroatoms. The van der Waals surface area contributed by atoms with Crippen molar-refractivity contribution in [2.75, 3.05) is 6.61 Å². The van der Waals surface area contributed by atoms with E-state index in [1.807, 2.05) is 0 Å². The van der Waals surface area contributed by atoms with Gasteiger partial charge in [0.1, 0.15) is 6.17 Å². The van der Waals surface area contributed by atoms with E-state index < -0.39 is 6.17 Å². The molecule has 0 aromatic rings. The molecule has 0 fully saturated rings. The van der Waals surface area contributed by atoms with Gasteiger partial charge in [-0.05, 0) is 12.8 Å². The Morgan fingerprint density at radius 2 is 2.33 bits per heavy atom. The van der Waals surface area contributed by atoms with Gasteiger partial charge in [0.2, 0.25) is 0 Å². The molecule has 0 aromatic carbocycles. The number of halogens is 1. The number of unbranched alkanes of at least 4 members (excludes halogenated alkanes) is 1. The van der Waals surface area contributed by atoms with E-state index in [0.29, 0.717) is 19.3 Å². The average molecular weight is 130 g/mol. The van der Waals surface area contributed by atoms with Gasteiger partial charge in [-0.3, -0.25) is 0 Å². The molecule has 0 bridgehead atoms. The van der Waals surface area contributed by atoms with Gasteiger partial charge in [0.25, 0.3) is 0 Å². The smallest absolute Gasteiger partial charge is 0.123 e. The van der Waals surface area contributed by atoms with E-state index in [0.717, 1.165) is 0 Å². The first-order valence-electron chi connectivity index (χ1n) is 2.99. The van der Waals surface area contributed by atoms with Crippen molar-refractivity contribution in [1.29, 1.82) is 0 Å². The zero-order valence-electron chi connectivity index (χ0n) is 5.31. The fourth-order valence-electron chi connectivity index (χ4n) is 0.517. The Labute approximate surface area is 54.9 Å². The lowest BCUT2D eigenvalue weighted by Crippen LogP contribution is -2.04. The molecule has 0 aliphatic rings. The molecule has 1 atom stereocenters. The molecule has 52 valence electrons. The van der Waals surface area contributed by atoms with E-state index in [1.54, 1.807) is 0 Å². The zero-order chi connectivity index (χ0) is 7.11. The van der Waals surface area contributed by atoms with Gasteiger partial charge in [-0.1, -0.05) is 0 Å². The lowest BCUT2D eigenvalue weighted by molar-refractivity contribution is 0.168. The van der Waals surface area contributed by atoms with Crippen molar-refractivity contribution in [1.82, 2.24) is 0 Å². The van der Waals surface area contributed by atoms with Crippen LogP contribution in [0.5, 0.6) is 0 Å². The quantitative estimate of drug-likeness (QED) is 0.446. The number of rotatable bonds is 4. The third-order valence-corrected chi connectivity index (χ3v) is 1.04. The Morgan fingerprint density at radius 1 is 1.67 bits per heavy atom. The van der Waals surface area contributed by atoms with E-state index in [2.05, 4.69) is 5.92 Å². The van der Waals surface area contributed by atoms with Crippen LogP contribution in [-0.4, -0.2) is 17.9 Å². The fourth-order valence-corrected chi connectivity index (χ4v) is 0.517. The standard InChI is InChI=1S/C7H11FO/c1-2-3-4-5-7(8)6-9/h1,7,9H,3-6H2/t7-/m1/s1. The van der Waals surface area contributed by atoms with Crippen molar-refractivity contribution in [3.63, 3.8) is 0 Å². The predicted octanol–water partition coefficient (Wildman–Crippen LogP) is 1.12. The van der Waals surface area contributed by atoms with E-state index in [-0.39, 0.29) is 6.61 Å². The second-order valence-corrected chi connectivity index (χ2v) is 1.88. The van der Waals surface area contributed by atoms with Crippen molar-refractivity contribution in [2.45, 2.75) is 25.4 Å². The molecule has 0 saturated heterocycles. The normalized spacial score (nSPS) is 12.6. The van der Waals surface area contributed by atoms with Gasteiger partial charge in [0, 0.05) is 6.42 Å². The summed E-state index contributed by atoms with van der Waals surface area (Å²) in [5.41, 5.74) is 0. The van der Waals surface area contributed by atoms with Crippen LogP contribution < -0.4 is 0 Å². The van der Waals surface area contributed by atoms with Gasteiger partial charge in [-0.25, -0.2) is 4.39 Å². The van der Waals surface area contributed by atoms with Crippen molar-refractivity contribution < 1.29 is 9.50 Å². The average Bonchev–Trinajstić information content (AvgIpc) is 1.89. The summed E-state index contributed by atoms with van der Waals surface area (Å²) in [6.07, 6.45) is 5.47. The Hall–Kier alpha value is -0.550. The molecule has 0 aliphatic heterocycles. The lowest BCUT2D eigenvalue weighted by atomic mass is 10.2. The van der Waals surface area contributed by atoms with Crippen LogP contribution in [0, 0.1) is 12.3 Å². The highest BCUT2D eigenvalue weighted by molar-refractivity contribution is 4.83. The Kier molecular flexibility index (Phi) is 5.24. The van der Waals surface area contributed by atoms with Crippen LogP contribution in [0.3, 0.4) is 0 Å². The molecule has 0 radical (unpaired) electrons. The lowest BCUT2D eigenvalue weighted by Gasteiger charge is -1.99. The third-order valence-electron chi connectivity index (χ3n) is 1.04. The molecule has 0 unspecified atom stereocenters. The van der Waals surface area contributed by atoms with E-state index >= 15 is 0 Å². The number of hydrogen-bond acceptors (Lipinski definition) is 1. The molecular weight excluding hydrogens is 119 g/mol. The summed E-state index contributed by atoms with van der Waals surface area (Å²) >= 11 is 0. The SMILES string of the molecule is C#CCCC[C@@H](F)CO. The Balaban J connectivity index is 2.99. The maximum Gasteiger partial charge on any atom is 0.123 e. The highest BCUT2D eigenvalue weighted by atomic mass is 19.1. The number of aliphatic hydroxyl groups excluding tert-OH is 1. The first kappa shape index (κ1) is 8.45. The van der Waals surface area contributed by atoms with Gasteiger partial charge in [0.05, 0.1) is 6.61 Å². The first-order valence-corrected chi connectivity index (χ1v) is 2.99. The molecule has 0 heterocycles. The van der Waals surface area contributed by atoms with Crippen molar-refractivity contribution in [2.24, 2.45) is 0 Å². The van der Waals surface area contributed by atoms with Gasteiger partial charge in [0.15, 0.2) is 0 Å². The Bertz CT molecular complexity index is 95.6. The maximum atomic E-state index is 12.1. The molecule has 1 nitrogen and oxygen atoms in total. The minimum atomic E-state index is -1.08. The summed E-state index contributed by atoms with van der Waals surface area (Å²) in [7, 11) is 0. The maximum absolute atomic E-state index is 12.1. The van der Waals surface area contributed by atoms with Crippen LogP contribution in [-0.2, 0) is 0 Å². The van der Waals surface area contributed by atoms with E-state index in [9.17, 15) is 4.39 Å². The third kappa shape index (κ3) is 5.32. The number of terminal acetylenes is 1. The Morgan fingerprint density at radius 3 is 2.78 bits per heavy atom. The highest BCUT2D eigenvalue weighted by Gasteiger charge is 2.01. The van der Waals surface area contributed by atoms with Crippen molar-refractivity contribution in [3.05, 3.63) is 0 Å². The predicted molar refractivity (Wildman–Crippen MR) is 34.7 cm³/mol. The van der Waals surface area contributed by atoms with Crippen LogP contribution in [0.25, 0.3) is 0 Å². The van der Waals surface area contributed by atoms with Crippen LogP contribution in [0.15, 0.2) is 0 Å². The van der Waals surface area contributed by atoms with Gasteiger partial charge >= 0.3 is 0 Å². The van der Waals surface area contributed by atoms with Crippen molar-refractivity contribution in [3.8, 4) is 12.3 Å². The minimum absolute atomic E-state index is 0.376. The summed E-state index contributed by atoms with van der Waals surface area (Å²) in [4.78, 5) is 0. The highest BCUT2D eigenvalue weighted by Crippen LogP contribution is 2.02. The number of alkyl halides is 1. The molecule has 0 amide bonds. The minimum Gasteiger partial charge on any atom is -0.393 e. The topological polar surface area (TPSA) is 20.2 Å². The molecule has 0 rings (SSSR count). The fraction of sp³-hybridized carbons (Fsp3) is 0.714. The molecule has 1 N–H and O–H groups in total. The molecule has 0 spiro atoms. The largest absolute Gasteiger partial charge is 0.393 e. The van der Waals surface area contributed by atoms with E-state index in [1.165, 1.54) is 0 Å². The molecule has 0 saturated carbocycles. The van der Waals surface area contributed by atoms with Crippen molar-refractivity contribution >= 4 is 0 Å². The molecule has 0 aromatic heterocycles. The monoisotopic (exact) mass is 130 g/mol. The molecular formula is C7H11FO. The van der Waals surface area contributed by atoms with Gasteiger partial charge < -0.3 is 5.11 Å². The summed E-state index contributed by atoms with van der Waals surface area (Å²) < 4.78 is 12.1. The summed E-state index contributed by atoms with van der Waals surface area (Å²) in [5.74, 6) is 2.40. The van der Waals surface area contributed by atoms with Gasteiger partial charge in [-0.15, -0.1) is 12.3 Å². The molecule has 0 aliphatic carbocycles. The van der Waals surface area contributed by atoms with E-state index in [4.69, 9.17) is 11.5 Å². The van der Waals surface area contributed by atoms with Crippen LogP contribution in [0.1, 0.15) is 19.3 Å². The van der Waals surface area contributed by atoms with Crippen LogP contribution in [0.2, 0.25) is 0 Å². The summed E-state index contributed by atoms with van der Waals surface area (Å²) in [5, 5.41) is 8.21. The van der Waals surface area contributed by atoms with Crippen LogP contribution >= 0.6 is 0 Å². The summed E-state index contributed by atoms with van der Waals surface area (Å²) in [6.45, 7) is -0.384.